The molecule has 0 radical (unpaired) electrons. The third-order valence-electron chi connectivity index (χ3n) is 2.24. The molecule has 94 valence electrons. The Morgan fingerprint density at radius 1 is 1.35 bits per heavy atom. The Bertz CT molecular complexity index is 352. The van der Waals surface area contributed by atoms with Gasteiger partial charge in [-0.25, -0.2) is 4.79 Å². The summed E-state index contributed by atoms with van der Waals surface area (Å²) in [5.74, 6) is -0.0893. The lowest BCUT2D eigenvalue weighted by Gasteiger charge is -2.06. The van der Waals surface area contributed by atoms with E-state index >= 15 is 0 Å². The average Bonchev–Trinajstić information content (AvgIpc) is 2.34. The number of ether oxygens (including phenoxy) is 1. The number of carbonyl (C=O) groups is 1. The van der Waals surface area contributed by atoms with E-state index in [2.05, 4.69) is 6.92 Å². The van der Waals surface area contributed by atoms with E-state index in [9.17, 15) is 4.79 Å². The second-order valence-corrected chi connectivity index (χ2v) is 4.75. The zero-order valence-corrected chi connectivity index (χ0v) is 10.8. The van der Waals surface area contributed by atoms with Crippen LogP contribution in [0.25, 0.3) is 0 Å². The van der Waals surface area contributed by atoms with Crippen molar-refractivity contribution in [1.29, 1.82) is 0 Å². The summed E-state index contributed by atoms with van der Waals surface area (Å²) in [5.41, 5.74) is 0.367. The van der Waals surface area contributed by atoms with Crippen LogP contribution in [0, 0.1) is 0 Å². The lowest BCUT2D eigenvalue weighted by Crippen LogP contribution is -2.01. The van der Waals surface area contributed by atoms with Gasteiger partial charge in [-0.1, -0.05) is 25.5 Å². The Morgan fingerprint density at radius 2 is 2.12 bits per heavy atom. The van der Waals surface area contributed by atoms with Crippen molar-refractivity contribution in [3.8, 4) is 0 Å². The maximum absolute atomic E-state index is 11.0. The minimum absolute atomic E-state index is 0.367. The maximum Gasteiger partial charge on any atom is 0.336 e. The van der Waals surface area contributed by atoms with Crippen molar-refractivity contribution in [1.82, 2.24) is 0 Å². The van der Waals surface area contributed by atoms with E-state index in [4.69, 9.17) is 9.84 Å². The Hall–Kier alpha value is -1.00. The predicted octanol–water partition coefficient (Wildman–Crippen LogP) is 3.29. The Morgan fingerprint density at radius 3 is 2.82 bits per heavy atom. The van der Waals surface area contributed by atoms with Crippen LogP contribution in [0.1, 0.15) is 30.1 Å². The zero-order chi connectivity index (χ0) is 12.5. The number of hydrogen-bond donors (Lipinski definition) is 1. The normalized spacial score (nSPS) is 10.4. The Kier molecular flexibility index (Phi) is 6.74. The number of carboxylic acids is 1. The summed E-state index contributed by atoms with van der Waals surface area (Å²) < 4.78 is 5.43. The fourth-order valence-electron chi connectivity index (χ4n) is 1.33. The molecule has 1 N–H and O–H groups in total. The van der Waals surface area contributed by atoms with Crippen molar-refractivity contribution in [3.63, 3.8) is 0 Å². The summed E-state index contributed by atoms with van der Waals surface area (Å²) in [6, 6.07) is 7.06. The first-order valence-corrected chi connectivity index (χ1v) is 6.77. The van der Waals surface area contributed by atoms with Gasteiger partial charge in [-0.05, 0) is 18.6 Å². The van der Waals surface area contributed by atoms with Gasteiger partial charge in [0, 0.05) is 17.3 Å². The molecular weight excluding hydrogens is 236 g/mol. The molecule has 0 amide bonds. The van der Waals surface area contributed by atoms with Crippen LogP contribution in [0.5, 0.6) is 0 Å². The molecule has 0 unspecified atom stereocenters. The van der Waals surface area contributed by atoms with Gasteiger partial charge in [-0.3, -0.25) is 0 Å². The third-order valence-corrected chi connectivity index (χ3v) is 3.28. The van der Waals surface area contributed by atoms with Crippen molar-refractivity contribution in [2.45, 2.75) is 24.7 Å². The summed E-state index contributed by atoms with van der Waals surface area (Å²) in [6.45, 7) is 3.58. The molecule has 0 bridgehead atoms. The van der Waals surface area contributed by atoms with Crippen LogP contribution in [-0.2, 0) is 4.74 Å². The van der Waals surface area contributed by atoms with Crippen LogP contribution in [0.2, 0.25) is 0 Å². The van der Waals surface area contributed by atoms with Crippen molar-refractivity contribution >= 4 is 17.7 Å². The number of benzene rings is 1. The molecule has 0 aliphatic heterocycles. The lowest BCUT2D eigenvalue weighted by molar-refractivity contribution is 0.0693. The van der Waals surface area contributed by atoms with Gasteiger partial charge in [-0.2, -0.15) is 0 Å². The molecule has 0 fully saturated rings. The van der Waals surface area contributed by atoms with Crippen molar-refractivity contribution in [3.05, 3.63) is 29.8 Å². The quantitative estimate of drug-likeness (QED) is 0.571. The summed E-state index contributed by atoms with van der Waals surface area (Å²) >= 11 is 1.53. The Labute approximate surface area is 106 Å². The van der Waals surface area contributed by atoms with Gasteiger partial charge in [0.15, 0.2) is 0 Å². The highest BCUT2D eigenvalue weighted by atomic mass is 32.2. The second-order valence-electron chi connectivity index (χ2n) is 3.62. The zero-order valence-electron chi connectivity index (χ0n) is 10.0. The molecule has 0 heterocycles. The van der Waals surface area contributed by atoms with Gasteiger partial charge < -0.3 is 9.84 Å². The van der Waals surface area contributed by atoms with Crippen molar-refractivity contribution in [2.24, 2.45) is 0 Å². The minimum Gasteiger partial charge on any atom is -0.478 e. The van der Waals surface area contributed by atoms with Crippen LogP contribution in [0.4, 0.5) is 0 Å². The first-order valence-electron chi connectivity index (χ1n) is 5.78. The van der Waals surface area contributed by atoms with Crippen molar-refractivity contribution in [2.75, 3.05) is 19.0 Å². The molecule has 1 aromatic rings. The average molecular weight is 254 g/mol. The topological polar surface area (TPSA) is 46.5 Å². The molecular formula is C13H18O3S. The highest BCUT2D eigenvalue weighted by molar-refractivity contribution is 7.99. The molecule has 17 heavy (non-hydrogen) atoms. The molecule has 0 aliphatic rings. The molecule has 4 heteroatoms. The monoisotopic (exact) mass is 254 g/mol. The maximum atomic E-state index is 11.0. The van der Waals surface area contributed by atoms with Gasteiger partial charge >= 0.3 is 5.97 Å². The van der Waals surface area contributed by atoms with E-state index in [0.29, 0.717) is 12.2 Å². The molecule has 3 nitrogen and oxygen atoms in total. The van der Waals surface area contributed by atoms with E-state index in [-0.39, 0.29) is 0 Å². The molecule has 0 saturated carbocycles. The largest absolute Gasteiger partial charge is 0.478 e. The van der Waals surface area contributed by atoms with E-state index in [0.717, 1.165) is 30.1 Å². The smallest absolute Gasteiger partial charge is 0.336 e. The molecule has 0 aliphatic carbocycles. The van der Waals surface area contributed by atoms with E-state index in [1.54, 1.807) is 12.1 Å². The third kappa shape index (κ3) is 5.24. The van der Waals surface area contributed by atoms with Crippen LogP contribution in [0.15, 0.2) is 29.2 Å². The van der Waals surface area contributed by atoms with E-state index in [1.165, 1.54) is 11.8 Å². The number of carboxylic acid groups (broad SMARTS) is 1. The van der Waals surface area contributed by atoms with Crippen LogP contribution >= 0.6 is 11.8 Å². The van der Waals surface area contributed by atoms with Crippen molar-refractivity contribution < 1.29 is 14.6 Å². The van der Waals surface area contributed by atoms with Gasteiger partial charge in [0.1, 0.15) is 0 Å². The van der Waals surface area contributed by atoms with E-state index in [1.807, 2.05) is 12.1 Å². The first kappa shape index (κ1) is 14.1. The van der Waals surface area contributed by atoms with Gasteiger partial charge in [0.25, 0.3) is 0 Å². The highest BCUT2D eigenvalue weighted by Crippen LogP contribution is 2.22. The second kappa shape index (κ2) is 8.14. The summed E-state index contributed by atoms with van der Waals surface area (Å²) in [7, 11) is 0. The summed E-state index contributed by atoms with van der Waals surface area (Å²) in [4.78, 5) is 11.8. The van der Waals surface area contributed by atoms with Crippen LogP contribution in [0.3, 0.4) is 0 Å². The minimum atomic E-state index is -0.875. The highest BCUT2D eigenvalue weighted by Gasteiger charge is 2.08. The molecule has 1 aromatic carbocycles. The predicted molar refractivity (Wildman–Crippen MR) is 69.9 cm³/mol. The lowest BCUT2D eigenvalue weighted by atomic mass is 10.2. The molecule has 1 rings (SSSR count). The van der Waals surface area contributed by atoms with Gasteiger partial charge in [0.2, 0.25) is 0 Å². The van der Waals surface area contributed by atoms with E-state index < -0.39 is 5.97 Å². The summed E-state index contributed by atoms with van der Waals surface area (Å²) in [5, 5.41) is 8.99. The number of rotatable bonds is 8. The number of unbranched alkanes of at least 4 members (excludes halogenated alkanes) is 1. The van der Waals surface area contributed by atoms with Crippen LogP contribution in [-0.4, -0.2) is 30.0 Å². The van der Waals surface area contributed by atoms with Gasteiger partial charge in [-0.15, -0.1) is 11.8 Å². The number of hydrogen-bond acceptors (Lipinski definition) is 3. The molecule has 0 saturated heterocycles. The standard InChI is InChI=1S/C13H18O3S/c1-2-3-8-16-9-10-17-12-7-5-4-6-11(12)13(14)15/h4-7H,2-3,8-10H2,1H3,(H,14,15). The SMILES string of the molecule is CCCCOCCSc1ccccc1C(=O)O. The summed E-state index contributed by atoms with van der Waals surface area (Å²) in [6.07, 6.45) is 2.21. The molecule has 0 atom stereocenters. The fourth-order valence-corrected chi connectivity index (χ4v) is 2.23. The molecule has 0 aromatic heterocycles. The first-order chi connectivity index (χ1) is 8.25. The van der Waals surface area contributed by atoms with Gasteiger partial charge in [0.05, 0.1) is 12.2 Å². The fraction of sp³-hybridized carbons (Fsp3) is 0.462. The Balaban J connectivity index is 2.34. The number of thioether (sulfide) groups is 1. The number of aromatic carboxylic acids is 1. The molecule has 0 spiro atoms. The van der Waals surface area contributed by atoms with Crippen LogP contribution < -0.4 is 0 Å².